The Hall–Kier alpha value is -2.23. The fourth-order valence-corrected chi connectivity index (χ4v) is 3.27. The van der Waals surface area contributed by atoms with Crippen molar-refractivity contribution >= 4 is 58.2 Å². The van der Waals surface area contributed by atoms with Crippen molar-refractivity contribution in [2.24, 2.45) is 0 Å². The number of ether oxygens (including phenoxy) is 1. The summed E-state index contributed by atoms with van der Waals surface area (Å²) in [5.74, 6) is -0.537. The highest BCUT2D eigenvalue weighted by atomic mass is 35.5. The molecule has 0 aromatic heterocycles. The van der Waals surface area contributed by atoms with Crippen molar-refractivity contribution in [3.05, 3.63) is 62.6 Å². The van der Waals surface area contributed by atoms with Crippen molar-refractivity contribution in [2.75, 3.05) is 36.5 Å². The monoisotopic (exact) mass is 435 g/mol. The number of morpholine rings is 1. The van der Waals surface area contributed by atoms with Crippen molar-refractivity contribution in [3.63, 3.8) is 0 Å². The van der Waals surface area contributed by atoms with Gasteiger partial charge in [-0.1, -0.05) is 40.9 Å². The average molecular weight is 437 g/mol. The fourth-order valence-electron chi connectivity index (χ4n) is 2.80. The molecule has 1 aliphatic rings. The standard InChI is InChI=1S/C20H16Cl3N3O2/c21-15-2-4-19(26-5-7-28-8-6-26)18(11-15)25-20(27)14(12-24)9-13-1-3-16(22)17(23)10-13/h1-4,9-11H,5-8H2,(H,25,27)/b14-9+. The van der Waals surface area contributed by atoms with Crippen LogP contribution in [-0.2, 0) is 9.53 Å². The number of carbonyl (C=O) groups is 1. The molecule has 1 heterocycles. The van der Waals surface area contributed by atoms with Crippen LogP contribution in [0.5, 0.6) is 0 Å². The van der Waals surface area contributed by atoms with Crippen LogP contribution in [0.1, 0.15) is 5.56 Å². The van der Waals surface area contributed by atoms with E-state index in [1.54, 1.807) is 30.3 Å². The molecule has 0 spiro atoms. The normalized spacial score (nSPS) is 14.5. The van der Waals surface area contributed by atoms with Gasteiger partial charge in [-0.25, -0.2) is 0 Å². The maximum Gasteiger partial charge on any atom is 0.266 e. The second-order valence-electron chi connectivity index (χ2n) is 6.06. The summed E-state index contributed by atoms with van der Waals surface area (Å²) in [5.41, 5.74) is 1.90. The van der Waals surface area contributed by atoms with E-state index in [0.717, 1.165) is 5.69 Å². The van der Waals surface area contributed by atoms with Gasteiger partial charge in [-0.2, -0.15) is 5.26 Å². The minimum atomic E-state index is -0.537. The van der Waals surface area contributed by atoms with Gasteiger partial charge in [-0.3, -0.25) is 4.79 Å². The number of amides is 1. The predicted molar refractivity (Wildman–Crippen MR) is 113 cm³/mol. The van der Waals surface area contributed by atoms with Crippen molar-refractivity contribution in [1.29, 1.82) is 5.26 Å². The highest BCUT2D eigenvalue weighted by Crippen LogP contribution is 2.30. The summed E-state index contributed by atoms with van der Waals surface area (Å²) in [6.07, 6.45) is 1.45. The average Bonchev–Trinajstić information content (AvgIpc) is 2.69. The molecule has 2 aromatic rings. The number of halogens is 3. The predicted octanol–water partition coefficient (Wildman–Crippen LogP) is 5.03. The van der Waals surface area contributed by atoms with Crippen molar-refractivity contribution in [1.82, 2.24) is 0 Å². The lowest BCUT2D eigenvalue weighted by Gasteiger charge is -2.30. The van der Waals surface area contributed by atoms with E-state index in [-0.39, 0.29) is 5.57 Å². The maximum absolute atomic E-state index is 12.7. The highest BCUT2D eigenvalue weighted by molar-refractivity contribution is 6.42. The number of anilines is 2. The van der Waals surface area contributed by atoms with Gasteiger partial charge >= 0.3 is 0 Å². The Kier molecular flexibility index (Phi) is 6.82. The van der Waals surface area contributed by atoms with Crippen LogP contribution in [0.2, 0.25) is 15.1 Å². The Morgan fingerprint density at radius 2 is 1.86 bits per heavy atom. The molecule has 8 heteroatoms. The summed E-state index contributed by atoms with van der Waals surface area (Å²) in [6.45, 7) is 2.62. The largest absolute Gasteiger partial charge is 0.378 e. The summed E-state index contributed by atoms with van der Waals surface area (Å²) < 4.78 is 5.38. The molecule has 0 unspecified atom stereocenters. The molecule has 144 valence electrons. The lowest BCUT2D eigenvalue weighted by atomic mass is 10.1. The highest BCUT2D eigenvalue weighted by Gasteiger charge is 2.18. The van der Waals surface area contributed by atoms with Gasteiger partial charge in [0.05, 0.1) is 34.6 Å². The minimum absolute atomic E-state index is 0.0636. The topological polar surface area (TPSA) is 65.4 Å². The summed E-state index contributed by atoms with van der Waals surface area (Å²) in [5, 5.41) is 13.5. The second kappa shape index (κ2) is 9.31. The van der Waals surface area contributed by atoms with Gasteiger partial charge in [-0.05, 0) is 42.0 Å². The van der Waals surface area contributed by atoms with Gasteiger partial charge in [0, 0.05) is 18.1 Å². The van der Waals surface area contributed by atoms with Crippen molar-refractivity contribution in [2.45, 2.75) is 0 Å². The first-order valence-corrected chi connectivity index (χ1v) is 9.62. The molecule has 5 nitrogen and oxygen atoms in total. The van der Waals surface area contributed by atoms with Crippen LogP contribution in [0.3, 0.4) is 0 Å². The number of benzene rings is 2. The molecule has 1 aliphatic heterocycles. The van der Waals surface area contributed by atoms with Crippen LogP contribution in [-0.4, -0.2) is 32.2 Å². The number of nitriles is 1. The van der Waals surface area contributed by atoms with Crippen molar-refractivity contribution in [3.8, 4) is 6.07 Å². The van der Waals surface area contributed by atoms with Crippen LogP contribution in [0, 0.1) is 11.3 Å². The van der Waals surface area contributed by atoms with E-state index in [9.17, 15) is 10.1 Å². The summed E-state index contributed by atoms with van der Waals surface area (Å²) >= 11 is 18.0. The van der Waals surface area contributed by atoms with E-state index in [1.807, 2.05) is 12.1 Å². The fraction of sp³-hybridized carbons (Fsp3) is 0.200. The summed E-state index contributed by atoms with van der Waals surface area (Å²) in [7, 11) is 0. The van der Waals surface area contributed by atoms with Crippen LogP contribution in [0.25, 0.3) is 6.08 Å². The lowest BCUT2D eigenvalue weighted by molar-refractivity contribution is -0.112. The molecule has 3 rings (SSSR count). The molecule has 0 radical (unpaired) electrons. The molecule has 1 N–H and O–H groups in total. The van der Waals surface area contributed by atoms with E-state index in [0.29, 0.717) is 52.6 Å². The van der Waals surface area contributed by atoms with Crippen LogP contribution in [0.4, 0.5) is 11.4 Å². The number of hydrogen-bond donors (Lipinski definition) is 1. The maximum atomic E-state index is 12.7. The first kappa shape index (κ1) is 20.5. The van der Waals surface area contributed by atoms with E-state index >= 15 is 0 Å². The van der Waals surface area contributed by atoms with Gasteiger partial charge in [-0.15, -0.1) is 0 Å². The minimum Gasteiger partial charge on any atom is -0.378 e. The third kappa shape index (κ3) is 4.98. The van der Waals surface area contributed by atoms with Crippen LogP contribution in [0.15, 0.2) is 42.0 Å². The zero-order valence-corrected chi connectivity index (χ0v) is 17.0. The Labute approximate surface area is 178 Å². The van der Waals surface area contributed by atoms with E-state index < -0.39 is 5.91 Å². The number of nitrogens with zero attached hydrogens (tertiary/aromatic N) is 2. The molecule has 0 bridgehead atoms. The SMILES string of the molecule is N#C/C(=C\c1ccc(Cl)c(Cl)c1)C(=O)Nc1cc(Cl)ccc1N1CCOCC1. The Morgan fingerprint density at radius 3 is 2.54 bits per heavy atom. The molecular weight excluding hydrogens is 421 g/mol. The van der Waals surface area contributed by atoms with Gasteiger partial charge < -0.3 is 15.0 Å². The van der Waals surface area contributed by atoms with Gasteiger partial charge in [0.2, 0.25) is 0 Å². The molecule has 1 fully saturated rings. The molecular formula is C20H16Cl3N3O2. The van der Waals surface area contributed by atoms with Gasteiger partial charge in [0.25, 0.3) is 5.91 Å². The number of nitrogens with one attached hydrogen (secondary N) is 1. The molecule has 0 saturated carbocycles. The van der Waals surface area contributed by atoms with E-state index in [4.69, 9.17) is 39.5 Å². The molecule has 28 heavy (non-hydrogen) atoms. The number of carbonyl (C=O) groups excluding carboxylic acids is 1. The second-order valence-corrected chi connectivity index (χ2v) is 7.31. The Bertz CT molecular complexity index is 964. The Balaban J connectivity index is 1.86. The molecule has 2 aromatic carbocycles. The lowest BCUT2D eigenvalue weighted by Crippen LogP contribution is -2.36. The zero-order valence-electron chi connectivity index (χ0n) is 14.7. The summed E-state index contributed by atoms with van der Waals surface area (Å²) in [4.78, 5) is 14.8. The van der Waals surface area contributed by atoms with Crippen LogP contribution < -0.4 is 10.2 Å². The summed E-state index contributed by atoms with van der Waals surface area (Å²) in [6, 6.07) is 12.1. The molecule has 1 saturated heterocycles. The first-order valence-electron chi connectivity index (χ1n) is 8.48. The van der Waals surface area contributed by atoms with Gasteiger partial charge in [0.1, 0.15) is 11.6 Å². The van der Waals surface area contributed by atoms with Gasteiger partial charge in [0.15, 0.2) is 0 Å². The smallest absolute Gasteiger partial charge is 0.266 e. The number of rotatable bonds is 4. The first-order chi connectivity index (χ1) is 13.5. The molecule has 0 aliphatic carbocycles. The van der Waals surface area contributed by atoms with E-state index in [2.05, 4.69) is 10.2 Å². The quantitative estimate of drug-likeness (QED) is 0.539. The molecule has 0 atom stereocenters. The van der Waals surface area contributed by atoms with Crippen molar-refractivity contribution < 1.29 is 9.53 Å². The zero-order chi connectivity index (χ0) is 20.1. The third-order valence-electron chi connectivity index (χ3n) is 4.18. The van der Waals surface area contributed by atoms with E-state index in [1.165, 1.54) is 6.08 Å². The Morgan fingerprint density at radius 1 is 1.11 bits per heavy atom. The third-order valence-corrected chi connectivity index (χ3v) is 5.15. The number of hydrogen-bond acceptors (Lipinski definition) is 4. The van der Waals surface area contributed by atoms with Crippen LogP contribution >= 0.6 is 34.8 Å². The molecule has 1 amide bonds.